The minimum atomic E-state index is 0.741. The van der Waals surface area contributed by atoms with Crippen molar-refractivity contribution in [3.63, 3.8) is 0 Å². The van der Waals surface area contributed by atoms with Crippen LogP contribution in [-0.2, 0) is 0 Å². The number of rotatable bonds is 5. The van der Waals surface area contributed by atoms with Crippen LogP contribution < -0.4 is 5.32 Å². The lowest BCUT2D eigenvalue weighted by Gasteiger charge is -2.34. The van der Waals surface area contributed by atoms with E-state index in [9.17, 15) is 0 Å². The molecule has 0 aromatic heterocycles. The van der Waals surface area contributed by atoms with Gasteiger partial charge in [-0.1, -0.05) is 13.3 Å². The maximum Gasteiger partial charge on any atom is 0.0197 e. The van der Waals surface area contributed by atoms with Crippen molar-refractivity contribution in [2.45, 2.75) is 58.0 Å². The molecule has 2 heteroatoms. The van der Waals surface area contributed by atoms with Crippen LogP contribution in [0.15, 0.2) is 0 Å². The summed E-state index contributed by atoms with van der Waals surface area (Å²) in [4.78, 5) is 2.58. The van der Waals surface area contributed by atoms with Crippen molar-refractivity contribution in [2.75, 3.05) is 20.1 Å². The third-order valence-corrected chi connectivity index (χ3v) is 4.69. The molecule has 0 amide bonds. The van der Waals surface area contributed by atoms with Gasteiger partial charge in [-0.2, -0.15) is 0 Å². The molecule has 2 aliphatic rings. The number of piperidine rings is 1. The second-order valence-corrected chi connectivity index (χ2v) is 5.97. The average molecular weight is 224 g/mol. The maximum absolute atomic E-state index is 3.69. The van der Waals surface area contributed by atoms with Crippen LogP contribution in [0.3, 0.4) is 0 Å². The zero-order valence-corrected chi connectivity index (χ0v) is 11.2. The molecule has 3 unspecified atom stereocenters. The third kappa shape index (κ3) is 3.21. The van der Waals surface area contributed by atoms with E-state index >= 15 is 0 Å². The van der Waals surface area contributed by atoms with Gasteiger partial charge in [-0.15, -0.1) is 0 Å². The molecule has 94 valence electrons. The van der Waals surface area contributed by atoms with Crippen LogP contribution in [0.4, 0.5) is 0 Å². The van der Waals surface area contributed by atoms with Gasteiger partial charge in [-0.25, -0.2) is 0 Å². The van der Waals surface area contributed by atoms with Crippen molar-refractivity contribution in [3.8, 4) is 0 Å². The highest BCUT2D eigenvalue weighted by atomic mass is 15.2. The fraction of sp³-hybridized carbons (Fsp3) is 1.00. The molecule has 1 saturated carbocycles. The van der Waals surface area contributed by atoms with Crippen LogP contribution in [0.2, 0.25) is 0 Å². The smallest absolute Gasteiger partial charge is 0.0197 e. The topological polar surface area (TPSA) is 15.3 Å². The Labute approximate surface area is 101 Å². The summed E-state index contributed by atoms with van der Waals surface area (Å²) in [5.41, 5.74) is 0. The van der Waals surface area contributed by atoms with Crippen molar-refractivity contribution in [1.29, 1.82) is 0 Å². The first-order valence-corrected chi connectivity index (χ1v) is 7.14. The normalized spacial score (nSPS) is 33.0. The molecule has 2 fully saturated rings. The van der Waals surface area contributed by atoms with Crippen molar-refractivity contribution in [2.24, 2.45) is 11.8 Å². The van der Waals surface area contributed by atoms with Gasteiger partial charge >= 0.3 is 0 Å². The molecular formula is C14H28N2. The molecule has 0 aromatic carbocycles. The summed E-state index contributed by atoms with van der Waals surface area (Å²) in [6.45, 7) is 7.21. The summed E-state index contributed by atoms with van der Waals surface area (Å²) in [7, 11) is 2.31. The van der Waals surface area contributed by atoms with Gasteiger partial charge in [0.2, 0.25) is 0 Å². The summed E-state index contributed by atoms with van der Waals surface area (Å²) in [6.07, 6.45) is 7.05. The molecule has 1 saturated heterocycles. The second-order valence-electron chi connectivity index (χ2n) is 5.97. The average Bonchev–Trinajstić information content (AvgIpc) is 3.12. The predicted octanol–water partition coefficient (Wildman–Crippen LogP) is 2.49. The van der Waals surface area contributed by atoms with Gasteiger partial charge in [0, 0.05) is 18.6 Å². The Hall–Kier alpha value is -0.0800. The summed E-state index contributed by atoms with van der Waals surface area (Å²) in [5.74, 6) is 1.96. The fourth-order valence-electron chi connectivity index (χ4n) is 3.06. The van der Waals surface area contributed by atoms with Crippen molar-refractivity contribution < 1.29 is 0 Å². The van der Waals surface area contributed by atoms with Gasteiger partial charge < -0.3 is 10.2 Å². The molecule has 1 aliphatic carbocycles. The van der Waals surface area contributed by atoms with E-state index in [4.69, 9.17) is 0 Å². The molecule has 0 bridgehead atoms. The summed E-state index contributed by atoms with van der Waals surface area (Å²) in [5, 5.41) is 3.69. The third-order valence-electron chi connectivity index (χ3n) is 4.69. The molecule has 16 heavy (non-hydrogen) atoms. The van der Waals surface area contributed by atoms with Crippen LogP contribution in [0.25, 0.3) is 0 Å². The number of hydrogen-bond donors (Lipinski definition) is 1. The molecule has 0 spiro atoms. The van der Waals surface area contributed by atoms with E-state index in [1.165, 1.54) is 45.2 Å². The van der Waals surface area contributed by atoms with E-state index in [-0.39, 0.29) is 0 Å². The van der Waals surface area contributed by atoms with E-state index in [0.717, 1.165) is 23.9 Å². The highest BCUT2D eigenvalue weighted by Gasteiger charge is 2.31. The number of nitrogens with one attached hydrogen (secondary N) is 1. The molecule has 0 aromatic rings. The van der Waals surface area contributed by atoms with Crippen molar-refractivity contribution in [1.82, 2.24) is 10.2 Å². The van der Waals surface area contributed by atoms with E-state index < -0.39 is 0 Å². The van der Waals surface area contributed by atoms with Crippen molar-refractivity contribution >= 4 is 0 Å². The molecule has 0 radical (unpaired) electrons. The minimum absolute atomic E-state index is 0.741. The lowest BCUT2D eigenvalue weighted by Crippen LogP contribution is -2.47. The largest absolute Gasteiger partial charge is 0.313 e. The Kier molecular flexibility index (Phi) is 4.26. The Balaban J connectivity index is 1.74. The predicted molar refractivity (Wildman–Crippen MR) is 69.6 cm³/mol. The Morgan fingerprint density at radius 1 is 1.31 bits per heavy atom. The first-order chi connectivity index (χ1) is 7.70. The van der Waals surface area contributed by atoms with Gasteiger partial charge in [0.1, 0.15) is 0 Å². The van der Waals surface area contributed by atoms with Gasteiger partial charge in [-0.3, -0.25) is 0 Å². The molecule has 1 heterocycles. The van der Waals surface area contributed by atoms with Crippen LogP contribution >= 0.6 is 0 Å². The summed E-state index contributed by atoms with van der Waals surface area (Å²) >= 11 is 0. The first kappa shape index (κ1) is 12.4. The second kappa shape index (κ2) is 5.50. The SMILES string of the molecule is CCC1CCNC(CN(C)C(C)C2CC2)C1. The standard InChI is InChI=1S/C14H28N2/c1-4-12-7-8-15-14(9-12)10-16(3)11(2)13-5-6-13/h11-15H,4-10H2,1-3H3. The molecular weight excluding hydrogens is 196 g/mol. The number of likely N-dealkylation sites (N-methyl/N-ethyl adjacent to an activating group) is 1. The zero-order chi connectivity index (χ0) is 11.5. The molecule has 1 aliphatic heterocycles. The van der Waals surface area contributed by atoms with E-state index in [1.807, 2.05) is 0 Å². The summed E-state index contributed by atoms with van der Waals surface area (Å²) < 4.78 is 0. The monoisotopic (exact) mass is 224 g/mol. The number of nitrogens with zero attached hydrogens (tertiary/aromatic N) is 1. The highest BCUT2D eigenvalue weighted by Crippen LogP contribution is 2.34. The summed E-state index contributed by atoms with van der Waals surface area (Å²) in [6, 6.07) is 1.54. The van der Waals surface area contributed by atoms with E-state index in [2.05, 4.69) is 31.1 Å². The van der Waals surface area contributed by atoms with Crippen molar-refractivity contribution in [3.05, 3.63) is 0 Å². The zero-order valence-electron chi connectivity index (χ0n) is 11.2. The molecule has 2 nitrogen and oxygen atoms in total. The minimum Gasteiger partial charge on any atom is -0.313 e. The van der Waals surface area contributed by atoms with Crippen LogP contribution in [0.1, 0.15) is 46.0 Å². The Morgan fingerprint density at radius 3 is 2.69 bits per heavy atom. The molecule has 1 N–H and O–H groups in total. The van der Waals surface area contributed by atoms with Crippen LogP contribution in [-0.4, -0.2) is 37.1 Å². The van der Waals surface area contributed by atoms with Gasteiger partial charge in [-0.05, 0) is 58.0 Å². The lowest BCUT2D eigenvalue weighted by molar-refractivity contribution is 0.179. The van der Waals surface area contributed by atoms with Crippen LogP contribution in [0.5, 0.6) is 0 Å². The lowest BCUT2D eigenvalue weighted by atomic mass is 9.90. The first-order valence-electron chi connectivity index (χ1n) is 7.14. The quantitative estimate of drug-likeness (QED) is 0.772. The number of hydrogen-bond acceptors (Lipinski definition) is 2. The maximum atomic E-state index is 3.69. The van der Waals surface area contributed by atoms with Crippen LogP contribution in [0, 0.1) is 11.8 Å². The van der Waals surface area contributed by atoms with E-state index in [0.29, 0.717) is 0 Å². The Morgan fingerprint density at radius 2 is 2.06 bits per heavy atom. The van der Waals surface area contributed by atoms with Gasteiger partial charge in [0.05, 0.1) is 0 Å². The van der Waals surface area contributed by atoms with Gasteiger partial charge in [0.25, 0.3) is 0 Å². The fourth-order valence-corrected chi connectivity index (χ4v) is 3.06. The molecule has 3 atom stereocenters. The molecule has 2 rings (SSSR count). The Bertz CT molecular complexity index is 213. The van der Waals surface area contributed by atoms with E-state index in [1.54, 1.807) is 0 Å². The van der Waals surface area contributed by atoms with Gasteiger partial charge in [0.15, 0.2) is 0 Å². The highest BCUT2D eigenvalue weighted by molar-refractivity contribution is 4.87.